The van der Waals surface area contributed by atoms with Crippen LogP contribution in [0, 0.1) is 0 Å². The zero-order chi connectivity index (χ0) is 12.8. The molecule has 1 saturated carbocycles. The molecule has 0 heterocycles. The molecular weight excluding hydrogens is 222 g/mol. The maximum Gasteiger partial charge on any atom is 0.0872 e. The van der Waals surface area contributed by atoms with Crippen molar-refractivity contribution < 1.29 is 4.74 Å². The first kappa shape index (κ1) is 14.1. The highest BCUT2D eigenvalue weighted by Gasteiger charge is 2.41. The van der Waals surface area contributed by atoms with E-state index in [1.54, 1.807) is 5.57 Å². The second-order valence-electron chi connectivity index (χ2n) is 5.80. The molecule has 1 atom stereocenters. The van der Waals surface area contributed by atoms with Gasteiger partial charge in [-0.05, 0) is 52.5 Å². The Balaban J connectivity index is 2.17. The van der Waals surface area contributed by atoms with E-state index >= 15 is 0 Å². The first-order chi connectivity index (χ1) is 8.82. The van der Waals surface area contributed by atoms with Gasteiger partial charge in [-0.3, -0.25) is 0 Å². The molecule has 0 saturated heterocycles. The molecule has 18 heavy (non-hydrogen) atoms. The quantitative estimate of drug-likeness (QED) is 0.750. The van der Waals surface area contributed by atoms with Crippen LogP contribution in [0.5, 0.6) is 0 Å². The first-order valence-electron chi connectivity index (χ1n) is 7.82. The van der Waals surface area contributed by atoms with Crippen LogP contribution in [0.15, 0.2) is 11.6 Å². The van der Waals surface area contributed by atoms with Crippen LogP contribution >= 0.6 is 0 Å². The van der Waals surface area contributed by atoms with E-state index < -0.39 is 0 Å². The van der Waals surface area contributed by atoms with Crippen molar-refractivity contribution in [3.05, 3.63) is 11.6 Å². The minimum absolute atomic E-state index is 0.0743. The Hall–Kier alpha value is -0.340. The minimum Gasteiger partial charge on any atom is -0.373 e. The number of nitrogens with one attached hydrogen (secondary N) is 1. The van der Waals surface area contributed by atoms with E-state index in [0.717, 1.165) is 6.61 Å². The Bertz CT molecular complexity index is 273. The first-order valence-corrected chi connectivity index (χ1v) is 7.82. The molecule has 0 aromatic rings. The number of rotatable bonds is 5. The van der Waals surface area contributed by atoms with Crippen molar-refractivity contribution >= 4 is 0 Å². The number of hydrogen-bond donors (Lipinski definition) is 1. The molecule has 0 aromatic heterocycles. The van der Waals surface area contributed by atoms with Gasteiger partial charge in [0.05, 0.1) is 11.6 Å². The van der Waals surface area contributed by atoms with Gasteiger partial charge < -0.3 is 10.1 Å². The van der Waals surface area contributed by atoms with Gasteiger partial charge in [-0.1, -0.05) is 30.9 Å². The van der Waals surface area contributed by atoms with E-state index in [9.17, 15) is 0 Å². The van der Waals surface area contributed by atoms with Crippen molar-refractivity contribution in [3.63, 3.8) is 0 Å². The number of allylic oxidation sites excluding steroid dienone is 1. The van der Waals surface area contributed by atoms with Crippen molar-refractivity contribution in [2.24, 2.45) is 0 Å². The van der Waals surface area contributed by atoms with E-state index in [2.05, 4.69) is 25.4 Å². The molecule has 1 N–H and O–H groups in total. The Morgan fingerprint density at radius 2 is 2.00 bits per heavy atom. The summed E-state index contributed by atoms with van der Waals surface area (Å²) < 4.78 is 6.27. The lowest BCUT2D eigenvalue weighted by Crippen LogP contribution is -2.53. The monoisotopic (exact) mass is 251 g/mol. The molecule has 2 aliphatic rings. The number of hydrogen-bond acceptors (Lipinski definition) is 2. The fraction of sp³-hybridized carbons (Fsp3) is 0.875. The SMILES string of the molecule is CCOC1(C(NC)C2=CCCCC2)CCCCC1. The summed E-state index contributed by atoms with van der Waals surface area (Å²) in [5.74, 6) is 0. The highest BCUT2D eigenvalue weighted by Crippen LogP contribution is 2.39. The molecule has 0 aromatic carbocycles. The smallest absolute Gasteiger partial charge is 0.0872 e. The maximum atomic E-state index is 6.27. The van der Waals surface area contributed by atoms with Gasteiger partial charge in [-0.25, -0.2) is 0 Å². The second kappa shape index (κ2) is 6.72. The van der Waals surface area contributed by atoms with Crippen LogP contribution in [0.3, 0.4) is 0 Å². The van der Waals surface area contributed by atoms with Crippen LogP contribution < -0.4 is 5.32 Å². The highest BCUT2D eigenvalue weighted by molar-refractivity contribution is 5.20. The standard InChI is InChI=1S/C16H29NO/c1-3-18-16(12-8-5-9-13-16)15(17-2)14-10-6-4-7-11-14/h10,15,17H,3-9,11-13H2,1-2H3. The molecule has 1 unspecified atom stereocenters. The second-order valence-corrected chi connectivity index (χ2v) is 5.80. The number of ether oxygens (including phenoxy) is 1. The van der Waals surface area contributed by atoms with Crippen LogP contribution in [0.25, 0.3) is 0 Å². The van der Waals surface area contributed by atoms with Gasteiger partial charge >= 0.3 is 0 Å². The molecule has 2 aliphatic carbocycles. The molecule has 104 valence electrons. The van der Waals surface area contributed by atoms with Gasteiger partial charge in [-0.2, -0.15) is 0 Å². The van der Waals surface area contributed by atoms with Crippen LogP contribution in [0.1, 0.15) is 64.7 Å². The Labute approximate surface area is 112 Å². The number of likely N-dealkylation sites (N-methyl/N-ethyl adjacent to an activating group) is 1. The molecular formula is C16H29NO. The van der Waals surface area contributed by atoms with Crippen LogP contribution in [0.2, 0.25) is 0 Å². The fourth-order valence-corrected chi connectivity index (χ4v) is 3.87. The van der Waals surface area contributed by atoms with E-state index in [1.165, 1.54) is 57.8 Å². The Morgan fingerprint density at radius 3 is 2.56 bits per heavy atom. The van der Waals surface area contributed by atoms with Gasteiger partial charge in [0.25, 0.3) is 0 Å². The highest BCUT2D eigenvalue weighted by atomic mass is 16.5. The normalized spacial score (nSPS) is 25.6. The molecule has 0 amide bonds. The Kier molecular flexibility index (Phi) is 5.25. The predicted octanol–water partition coefficient (Wildman–Crippen LogP) is 3.81. The van der Waals surface area contributed by atoms with Gasteiger partial charge in [0.1, 0.15) is 0 Å². The molecule has 0 aliphatic heterocycles. The van der Waals surface area contributed by atoms with Crippen molar-refractivity contribution in [1.82, 2.24) is 5.32 Å². The van der Waals surface area contributed by atoms with E-state index in [1.807, 2.05) is 0 Å². The van der Waals surface area contributed by atoms with Gasteiger partial charge in [-0.15, -0.1) is 0 Å². The Morgan fingerprint density at radius 1 is 1.22 bits per heavy atom. The summed E-state index contributed by atoms with van der Waals surface area (Å²) >= 11 is 0. The lowest BCUT2D eigenvalue weighted by molar-refractivity contribution is -0.0814. The maximum absolute atomic E-state index is 6.27. The van der Waals surface area contributed by atoms with E-state index in [-0.39, 0.29) is 5.60 Å². The van der Waals surface area contributed by atoms with Gasteiger partial charge in [0, 0.05) is 6.61 Å². The molecule has 0 bridgehead atoms. The van der Waals surface area contributed by atoms with Crippen molar-refractivity contribution in [3.8, 4) is 0 Å². The van der Waals surface area contributed by atoms with Crippen LogP contribution in [-0.2, 0) is 4.74 Å². The molecule has 1 fully saturated rings. The molecule has 0 radical (unpaired) electrons. The lowest BCUT2D eigenvalue weighted by Gasteiger charge is -2.45. The van der Waals surface area contributed by atoms with Crippen molar-refractivity contribution in [1.29, 1.82) is 0 Å². The third-order valence-corrected chi connectivity index (χ3v) is 4.64. The molecule has 2 rings (SSSR count). The zero-order valence-electron chi connectivity index (χ0n) is 12.1. The average molecular weight is 251 g/mol. The van der Waals surface area contributed by atoms with E-state index in [0.29, 0.717) is 6.04 Å². The van der Waals surface area contributed by atoms with Gasteiger partial charge in [0.15, 0.2) is 0 Å². The third-order valence-electron chi connectivity index (χ3n) is 4.64. The van der Waals surface area contributed by atoms with Crippen LogP contribution in [0.4, 0.5) is 0 Å². The average Bonchev–Trinajstić information content (AvgIpc) is 2.42. The minimum atomic E-state index is 0.0743. The summed E-state index contributed by atoms with van der Waals surface area (Å²) in [4.78, 5) is 0. The molecule has 2 nitrogen and oxygen atoms in total. The summed E-state index contributed by atoms with van der Waals surface area (Å²) in [6.07, 6.45) is 14.2. The molecule has 2 heteroatoms. The fourth-order valence-electron chi connectivity index (χ4n) is 3.87. The zero-order valence-corrected chi connectivity index (χ0v) is 12.1. The molecule has 0 spiro atoms. The summed E-state index contributed by atoms with van der Waals surface area (Å²) in [7, 11) is 2.11. The largest absolute Gasteiger partial charge is 0.373 e. The summed E-state index contributed by atoms with van der Waals surface area (Å²) in [5.41, 5.74) is 1.68. The summed E-state index contributed by atoms with van der Waals surface area (Å²) in [5, 5.41) is 3.57. The third kappa shape index (κ3) is 2.97. The van der Waals surface area contributed by atoms with Gasteiger partial charge in [0.2, 0.25) is 0 Å². The van der Waals surface area contributed by atoms with E-state index in [4.69, 9.17) is 4.74 Å². The predicted molar refractivity (Wildman–Crippen MR) is 76.8 cm³/mol. The topological polar surface area (TPSA) is 21.3 Å². The summed E-state index contributed by atoms with van der Waals surface area (Å²) in [6.45, 7) is 2.98. The lowest BCUT2D eigenvalue weighted by atomic mass is 9.74. The van der Waals surface area contributed by atoms with Crippen molar-refractivity contribution in [2.45, 2.75) is 76.4 Å². The van der Waals surface area contributed by atoms with Crippen LogP contribution in [-0.4, -0.2) is 25.3 Å². The van der Waals surface area contributed by atoms with Crippen molar-refractivity contribution in [2.75, 3.05) is 13.7 Å². The summed E-state index contributed by atoms with van der Waals surface area (Å²) in [6, 6.07) is 0.443.